The summed E-state index contributed by atoms with van der Waals surface area (Å²) >= 11 is 0. The molecule has 0 amide bonds. The van der Waals surface area contributed by atoms with Crippen molar-refractivity contribution in [2.45, 2.75) is 32.2 Å². The molecule has 1 rings (SSSR count). The van der Waals surface area contributed by atoms with Crippen molar-refractivity contribution in [3.63, 3.8) is 0 Å². The number of rotatable bonds is 1. The van der Waals surface area contributed by atoms with Crippen molar-refractivity contribution >= 4 is 15.8 Å². The largest absolute Gasteiger partial charge is 0.298 e. The van der Waals surface area contributed by atoms with E-state index in [1.165, 1.54) is 4.31 Å². The number of hydrogen-bond donors (Lipinski definition) is 0. The lowest BCUT2D eigenvalue weighted by Crippen LogP contribution is -2.52. The Labute approximate surface area is 79.0 Å². The highest BCUT2D eigenvalue weighted by Crippen LogP contribution is 2.27. The molecule has 13 heavy (non-hydrogen) atoms. The quantitative estimate of drug-likeness (QED) is 0.622. The molecule has 0 unspecified atom stereocenters. The van der Waals surface area contributed by atoms with Gasteiger partial charge in [0.1, 0.15) is 5.78 Å². The highest BCUT2D eigenvalue weighted by Gasteiger charge is 2.38. The fourth-order valence-corrected chi connectivity index (χ4v) is 2.96. The van der Waals surface area contributed by atoms with E-state index in [0.717, 1.165) is 6.26 Å². The van der Waals surface area contributed by atoms with Crippen LogP contribution in [0.15, 0.2) is 0 Å². The third-order valence-corrected chi connectivity index (χ3v) is 3.84. The third-order valence-electron chi connectivity index (χ3n) is 2.41. The predicted molar refractivity (Wildman–Crippen MR) is 49.9 cm³/mol. The zero-order valence-corrected chi connectivity index (χ0v) is 9.02. The Hall–Kier alpha value is -0.420. The topological polar surface area (TPSA) is 54.5 Å². The molecule has 0 aromatic heterocycles. The highest BCUT2D eigenvalue weighted by atomic mass is 32.2. The van der Waals surface area contributed by atoms with Crippen molar-refractivity contribution in [2.24, 2.45) is 0 Å². The van der Waals surface area contributed by atoms with Crippen LogP contribution in [-0.4, -0.2) is 36.8 Å². The van der Waals surface area contributed by atoms with Gasteiger partial charge in [-0.1, -0.05) is 0 Å². The van der Waals surface area contributed by atoms with Crippen molar-refractivity contribution in [3.05, 3.63) is 0 Å². The van der Waals surface area contributed by atoms with Crippen molar-refractivity contribution in [1.29, 1.82) is 0 Å². The summed E-state index contributed by atoms with van der Waals surface area (Å²) in [6, 6.07) is 0. The molecule has 1 aliphatic heterocycles. The van der Waals surface area contributed by atoms with Gasteiger partial charge in [-0.3, -0.25) is 4.79 Å². The Kier molecular flexibility index (Phi) is 2.51. The summed E-state index contributed by atoms with van der Waals surface area (Å²) in [5.41, 5.74) is -0.415. The lowest BCUT2D eigenvalue weighted by Gasteiger charge is -2.39. The number of Topliss-reactive ketones (excluding diaryl/α,β-unsaturated/α-hetero) is 1. The highest BCUT2D eigenvalue weighted by molar-refractivity contribution is 7.88. The first kappa shape index (κ1) is 10.7. The Balaban J connectivity index is 2.98. The average molecular weight is 205 g/mol. The normalized spacial score (nSPS) is 24.7. The summed E-state index contributed by atoms with van der Waals surface area (Å²) in [4.78, 5) is 11.1. The van der Waals surface area contributed by atoms with Crippen LogP contribution in [0.3, 0.4) is 0 Å². The van der Waals surface area contributed by atoms with Gasteiger partial charge in [0.2, 0.25) is 10.0 Å². The zero-order valence-electron chi connectivity index (χ0n) is 8.20. The average Bonchev–Trinajstić information content (AvgIpc) is 1.92. The molecular formula is C8H15NO3S. The van der Waals surface area contributed by atoms with Crippen LogP contribution in [0.2, 0.25) is 0 Å². The molecule has 1 fully saturated rings. The standard InChI is InChI=1S/C8H15NO3S/c1-8(2)5-4-7(10)6-9(8)13(3,11)12/h4-6H2,1-3H3. The molecule has 76 valence electrons. The molecule has 1 heterocycles. The second kappa shape index (κ2) is 3.06. The maximum atomic E-state index is 11.3. The molecule has 0 N–H and O–H groups in total. The number of nitrogens with zero attached hydrogens (tertiary/aromatic N) is 1. The van der Waals surface area contributed by atoms with Crippen LogP contribution in [0.25, 0.3) is 0 Å². The summed E-state index contributed by atoms with van der Waals surface area (Å²) in [6.07, 6.45) is 2.24. The summed E-state index contributed by atoms with van der Waals surface area (Å²) in [5, 5.41) is 0. The number of piperidine rings is 1. The minimum atomic E-state index is -3.25. The summed E-state index contributed by atoms with van der Waals surface area (Å²) < 4.78 is 23.9. The van der Waals surface area contributed by atoms with Gasteiger partial charge in [-0.05, 0) is 20.3 Å². The monoisotopic (exact) mass is 205 g/mol. The van der Waals surface area contributed by atoms with Gasteiger partial charge in [0, 0.05) is 12.0 Å². The van der Waals surface area contributed by atoms with Gasteiger partial charge in [0.05, 0.1) is 12.8 Å². The third kappa shape index (κ3) is 2.28. The Morgan fingerprint density at radius 2 is 1.92 bits per heavy atom. The fourth-order valence-electron chi connectivity index (χ4n) is 1.59. The molecule has 0 bridgehead atoms. The van der Waals surface area contributed by atoms with Crippen LogP contribution in [0.5, 0.6) is 0 Å². The number of hydrogen-bond acceptors (Lipinski definition) is 3. The molecule has 0 aromatic carbocycles. The fraction of sp³-hybridized carbons (Fsp3) is 0.875. The first-order chi connectivity index (χ1) is 5.73. The second-order valence-electron chi connectivity index (χ2n) is 4.12. The maximum absolute atomic E-state index is 11.3. The van der Waals surface area contributed by atoms with Gasteiger partial charge in [-0.25, -0.2) is 8.42 Å². The molecule has 0 radical (unpaired) electrons. The minimum absolute atomic E-state index is 0.00440. The first-order valence-corrected chi connectivity index (χ1v) is 6.08. The van der Waals surface area contributed by atoms with Crippen LogP contribution < -0.4 is 0 Å². The first-order valence-electron chi connectivity index (χ1n) is 4.23. The number of carbonyl (C=O) groups excluding carboxylic acids is 1. The molecule has 0 saturated carbocycles. The van der Waals surface area contributed by atoms with Gasteiger partial charge in [-0.15, -0.1) is 0 Å². The Morgan fingerprint density at radius 3 is 2.31 bits per heavy atom. The number of sulfonamides is 1. The molecule has 0 atom stereocenters. The number of ketones is 1. The zero-order chi connectivity index (χ0) is 10.3. The van der Waals surface area contributed by atoms with E-state index in [0.29, 0.717) is 12.8 Å². The molecule has 0 aromatic rings. The van der Waals surface area contributed by atoms with Crippen LogP contribution in [0.4, 0.5) is 0 Å². The Morgan fingerprint density at radius 1 is 1.38 bits per heavy atom. The molecular weight excluding hydrogens is 190 g/mol. The van der Waals surface area contributed by atoms with E-state index in [2.05, 4.69) is 0 Å². The van der Waals surface area contributed by atoms with E-state index >= 15 is 0 Å². The van der Waals surface area contributed by atoms with E-state index in [-0.39, 0.29) is 12.3 Å². The van der Waals surface area contributed by atoms with Crippen LogP contribution in [-0.2, 0) is 14.8 Å². The van der Waals surface area contributed by atoms with E-state index in [1.54, 1.807) is 0 Å². The summed E-state index contributed by atoms with van der Waals surface area (Å²) in [6.45, 7) is 3.73. The van der Waals surface area contributed by atoms with Crippen molar-refractivity contribution in [3.8, 4) is 0 Å². The van der Waals surface area contributed by atoms with Gasteiger partial charge >= 0.3 is 0 Å². The summed E-state index contributed by atoms with van der Waals surface area (Å²) in [7, 11) is -3.25. The maximum Gasteiger partial charge on any atom is 0.212 e. The second-order valence-corrected chi connectivity index (χ2v) is 6.03. The van der Waals surface area contributed by atoms with Crippen LogP contribution in [0, 0.1) is 0 Å². The van der Waals surface area contributed by atoms with Gasteiger partial charge in [-0.2, -0.15) is 4.31 Å². The molecule has 4 nitrogen and oxygen atoms in total. The van der Waals surface area contributed by atoms with Gasteiger partial charge < -0.3 is 0 Å². The smallest absolute Gasteiger partial charge is 0.212 e. The van der Waals surface area contributed by atoms with Gasteiger partial charge in [0.25, 0.3) is 0 Å². The lowest BCUT2D eigenvalue weighted by atomic mass is 9.93. The SMILES string of the molecule is CC1(C)CCC(=O)CN1S(C)(=O)=O. The molecule has 5 heteroatoms. The van der Waals surface area contributed by atoms with Crippen LogP contribution >= 0.6 is 0 Å². The molecule has 1 saturated heterocycles. The van der Waals surface area contributed by atoms with E-state index < -0.39 is 15.6 Å². The molecule has 0 spiro atoms. The number of carbonyl (C=O) groups is 1. The van der Waals surface area contributed by atoms with E-state index in [4.69, 9.17) is 0 Å². The van der Waals surface area contributed by atoms with E-state index in [9.17, 15) is 13.2 Å². The van der Waals surface area contributed by atoms with E-state index in [1.807, 2.05) is 13.8 Å². The minimum Gasteiger partial charge on any atom is -0.298 e. The van der Waals surface area contributed by atoms with Gasteiger partial charge in [0.15, 0.2) is 0 Å². The molecule has 1 aliphatic rings. The summed E-state index contributed by atoms with van der Waals surface area (Å²) in [5.74, 6) is 0.00440. The van der Waals surface area contributed by atoms with Crippen molar-refractivity contribution in [2.75, 3.05) is 12.8 Å². The van der Waals surface area contributed by atoms with Crippen molar-refractivity contribution in [1.82, 2.24) is 4.31 Å². The molecule has 0 aliphatic carbocycles. The van der Waals surface area contributed by atoms with Crippen molar-refractivity contribution < 1.29 is 13.2 Å². The Bertz CT molecular complexity index is 318. The van der Waals surface area contributed by atoms with Crippen LogP contribution in [0.1, 0.15) is 26.7 Å². The predicted octanol–water partition coefficient (Wildman–Crippen LogP) is 0.390. The lowest BCUT2D eigenvalue weighted by molar-refractivity contribution is -0.123.